The van der Waals surface area contributed by atoms with Crippen LogP contribution in [0.2, 0.25) is 0 Å². The molecule has 0 heterocycles. The van der Waals surface area contributed by atoms with Crippen LogP contribution in [0.3, 0.4) is 0 Å². The number of hydrogen-bond acceptors (Lipinski definition) is 2. The Labute approximate surface area is 143 Å². The normalized spacial score (nSPS) is 31.5. The van der Waals surface area contributed by atoms with Gasteiger partial charge < -0.3 is 4.74 Å². The van der Waals surface area contributed by atoms with Crippen molar-refractivity contribution in [3.8, 4) is 0 Å². The monoisotopic (exact) mass is 320 g/mol. The van der Waals surface area contributed by atoms with Crippen molar-refractivity contribution >= 4 is 5.97 Å². The fourth-order valence-corrected chi connectivity index (χ4v) is 4.40. The molecule has 2 heteroatoms. The lowest BCUT2D eigenvalue weighted by atomic mass is 9.76. The molecule has 0 atom stereocenters. The molecule has 0 unspecified atom stereocenters. The van der Waals surface area contributed by atoms with E-state index < -0.39 is 0 Å². The molecule has 0 N–H and O–H groups in total. The summed E-state index contributed by atoms with van der Waals surface area (Å²) < 4.78 is 5.57. The van der Waals surface area contributed by atoms with Crippen LogP contribution in [0.15, 0.2) is 12.7 Å². The Hall–Kier alpha value is -0.790. The first-order chi connectivity index (χ1) is 11.2. The van der Waals surface area contributed by atoms with Crippen molar-refractivity contribution in [2.24, 2.45) is 17.8 Å². The summed E-state index contributed by atoms with van der Waals surface area (Å²) in [5.74, 6) is 2.84. The zero-order valence-electron chi connectivity index (χ0n) is 15.1. The summed E-state index contributed by atoms with van der Waals surface area (Å²) in [6.45, 7) is 5.99. The van der Waals surface area contributed by atoms with E-state index >= 15 is 0 Å². The van der Waals surface area contributed by atoms with Crippen molar-refractivity contribution in [1.29, 1.82) is 0 Å². The average Bonchev–Trinajstić information content (AvgIpc) is 2.60. The van der Waals surface area contributed by atoms with E-state index in [0.29, 0.717) is 6.42 Å². The Balaban J connectivity index is 1.56. The number of rotatable bonds is 8. The van der Waals surface area contributed by atoms with Crippen LogP contribution in [0.4, 0.5) is 0 Å². The van der Waals surface area contributed by atoms with Gasteiger partial charge in [-0.1, -0.05) is 57.9 Å². The number of ether oxygens (including phenoxy) is 1. The smallest absolute Gasteiger partial charge is 0.306 e. The second kappa shape index (κ2) is 10.2. The van der Waals surface area contributed by atoms with E-state index in [9.17, 15) is 4.79 Å². The van der Waals surface area contributed by atoms with Gasteiger partial charge in [0.1, 0.15) is 6.10 Å². The first kappa shape index (κ1) is 18.5. The van der Waals surface area contributed by atoms with Gasteiger partial charge in [-0.25, -0.2) is 0 Å². The topological polar surface area (TPSA) is 26.3 Å². The lowest BCUT2D eigenvalue weighted by Crippen LogP contribution is -2.25. The van der Waals surface area contributed by atoms with Gasteiger partial charge in [0.2, 0.25) is 0 Å². The number of carbonyl (C=O) groups excluding carboxylic acids is 1. The van der Waals surface area contributed by atoms with Gasteiger partial charge >= 0.3 is 5.97 Å². The minimum absolute atomic E-state index is 0.0407. The largest absolute Gasteiger partial charge is 0.462 e. The van der Waals surface area contributed by atoms with Gasteiger partial charge in [-0.15, -0.1) is 6.58 Å². The summed E-state index contributed by atoms with van der Waals surface area (Å²) in [7, 11) is 0. The molecule has 0 aromatic rings. The molecule has 0 radical (unpaired) electrons. The zero-order valence-corrected chi connectivity index (χ0v) is 15.1. The second-order valence-corrected chi connectivity index (χ2v) is 7.83. The third kappa shape index (κ3) is 6.69. The number of hydrogen-bond donors (Lipinski definition) is 0. The fourth-order valence-electron chi connectivity index (χ4n) is 4.40. The van der Waals surface area contributed by atoms with Crippen molar-refractivity contribution in [2.45, 2.75) is 96.5 Å². The molecule has 0 spiro atoms. The minimum atomic E-state index is -0.0407. The van der Waals surface area contributed by atoms with Crippen molar-refractivity contribution < 1.29 is 9.53 Å². The van der Waals surface area contributed by atoms with E-state index in [2.05, 4.69) is 13.5 Å². The molecule has 0 aromatic heterocycles. The Morgan fingerprint density at radius 1 is 0.957 bits per heavy atom. The molecule has 2 nitrogen and oxygen atoms in total. The van der Waals surface area contributed by atoms with Gasteiger partial charge in [-0.05, 0) is 49.9 Å². The van der Waals surface area contributed by atoms with Crippen LogP contribution in [0.5, 0.6) is 0 Å². The predicted molar refractivity (Wildman–Crippen MR) is 96.2 cm³/mol. The van der Waals surface area contributed by atoms with E-state index in [1.54, 1.807) is 6.08 Å². The molecular weight excluding hydrogens is 284 g/mol. The van der Waals surface area contributed by atoms with Crippen LogP contribution in [0.25, 0.3) is 0 Å². The highest BCUT2D eigenvalue weighted by Crippen LogP contribution is 2.36. The molecule has 0 bridgehead atoms. The fraction of sp³-hybridized carbons (Fsp3) is 0.857. The second-order valence-electron chi connectivity index (χ2n) is 7.83. The molecule has 2 aliphatic carbocycles. The highest BCUT2D eigenvalue weighted by molar-refractivity contribution is 5.69. The quantitative estimate of drug-likeness (QED) is 0.402. The zero-order chi connectivity index (χ0) is 16.5. The average molecular weight is 321 g/mol. The number of esters is 1. The molecule has 0 aromatic carbocycles. The van der Waals surface area contributed by atoms with Crippen molar-refractivity contribution in [2.75, 3.05) is 0 Å². The van der Waals surface area contributed by atoms with Crippen LogP contribution < -0.4 is 0 Å². The minimum Gasteiger partial charge on any atom is -0.462 e. The van der Waals surface area contributed by atoms with Crippen LogP contribution in [0, 0.1) is 17.8 Å². The molecule has 23 heavy (non-hydrogen) atoms. The summed E-state index contributed by atoms with van der Waals surface area (Å²) >= 11 is 0. The maximum atomic E-state index is 11.7. The SMILES string of the molecule is C=CCCC(=O)OC1CCC(CCC2CCC(CC)CC2)CC1. The number of carbonyl (C=O) groups is 1. The van der Waals surface area contributed by atoms with Gasteiger partial charge in [0.15, 0.2) is 0 Å². The van der Waals surface area contributed by atoms with Crippen molar-refractivity contribution in [3.63, 3.8) is 0 Å². The van der Waals surface area contributed by atoms with Crippen LogP contribution in [-0.2, 0) is 9.53 Å². The highest BCUT2D eigenvalue weighted by atomic mass is 16.5. The molecular formula is C21H36O2. The van der Waals surface area contributed by atoms with Gasteiger partial charge in [-0.2, -0.15) is 0 Å². The Bertz CT molecular complexity index is 347. The summed E-state index contributed by atoms with van der Waals surface area (Å²) in [4.78, 5) is 11.7. The first-order valence-corrected chi connectivity index (χ1v) is 10.0. The highest BCUT2D eigenvalue weighted by Gasteiger charge is 2.25. The van der Waals surface area contributed by atoms with Crippen LogP contribution >= 0.6 is 0 Å². The molecule has 2 aliphatic rings. The van der Waals surface area contributed by atoms with E-state index in [-0.39, 0.29) is 12.1 Å². The van der Waals surface area contributed by atoms with E-state index in [1.807, 2.05) is 0 Å². The summed E-state index contributed by atoms with van der Waals surface area (Å²) in [6.07, 6.45) is 17.9. The van der Waals surface area contributed by atoms with Gasteiger partial charge in [-0.3, -0.25) is 4.79 Å². The first-order valence-electron chi connectivity index (χ1n) is 10.0. The third-order valence-corrected chi connectivity index (χ3v) is 6.17. The maximum absolute atomic E-state index is 11.7. The number of allylic oxidation sites excluding steroid dienone is 1. The van der Waals surface area contributed by atoms with Crippen molar-refractivity contribution in [3.05, 3.63) is 12.7 Å². The Morgan fingerprint density at radius 3 is 2.00 bits per heavy atom. The Morgan fingerprint density at radius 2 is 1.48 bits per heavy atom. The van der Waals surface area contributed by atoms with E-state index in [4.69, 9.17) is 4.74 Å². The lowest BCUT2D eigenvalue weighted by Gasteiger charge is -2.31. The van der Waals surface area contributed by atoms with Gasteiger partial charge in [0.25, 0.3) is 0 Å². The summed E-state index contributed by atoms with van der Waals surface area (Å²) in [6, 6.07) is 0. The predicted octanol–water partition coefficient (Wildman–Crippen LogP) is 6.05. The molecule has 2 rings (SSSR count). The lowest BCUT2D eigenvalue weighted by molar-refractivity contribution is -0.150. The molecule has 2 fully saturated rings. The maximum Gasteiger partial charge on any atom is 0.306 e. The van der Waals surface area contributed by atoms with Crippen LogP contribution in [-0.4, -0.2) is 12.1 Å². The summed E-state index contributed by atoms with van der Waals surface area (Å²) in [5, 5.41) is 0. The molecule has 132 valence electrons. The van der Waals surface area contributed by atoms with Crippen molar-refractivity contribution in [1.82, 2.24) is 0 Å². The van der Waals surface area contributed by atoms with Crippen LogP contribution in [0.1, 0.15) is 90.4 Å². The van der Waals surface area contributed by atoms with Gasteiger partial charge in [0, 0.05) is 6.42 Å². The molecule has 0 saturated heterocycles. The van der Waals surface area contributed by atoms with Gasteiger partial charge in [0.05, 0.1) is 0 Å². The van der Waals surface area contributed by atoms with E-state index in [1.165, 1.54) is 57.8 Å². The molecule has 0 amide bonds. The molecule has 0 aliphatic heterocycles. The summed E-state index contributed by atoms with van der Waals surface area (Å²) in [5.41, 5.74) is 0. The molecule has 2 saturated carbocycles. The van der Waals surface area contributed by atoms with E-state index in [0.717, 1.165) is 37.0 Å². The standard InChI is InChI=1S/C21H36O2/c1-3-5-6-21(22)23-20-15-13-19(14-16-20)12-11-18-9-7-17(4-2)8-10-18/h3,17-20H,1,4-16H2,2H3. The third-order valence-electron chi connectivity index (χ3n) is 6.17. The Kier molecular flexibility index (Phi) is 8.19.